The molecule has 6 saturated carbocycles. The van der Waals surface area contributed by atoms with Crippen LogP contribution in [-0.4, -0.2) is 19.7 Å². The molecule has 2 heterocycles. The molecule has 0 radical (unpaired) electrons. The Balaban J connectivity index is 1.39. The fourth-order valence-electron chi connectivity index (χ4n) is 7.91. The van der Waals surface area contributed by atoms with Crippen molar-refractivity contribution in [2.75, 3.05) is 0 Å². The van der Waals surface area contributed by atoms with E-state index in [2.05, 4.69) is 22.1 Å². The minimum Gasteiger partial charge on any atom is -0.275 e. The van der Waals surface area contributed by atoms with Crippen molar-refractivity contribution in [2.45, 2.75) is 87.9 Å². The SMILES string of the molecule is [C-]#[N+]c1cc(-c2ccn(C)n2)cc(-c2nc(C34CCC(CC3)CC4)cc(C34CCC(CC3)CC4)n2)c1. The van der Waals surface area contributed by atoms with E-state index in [4.69, 9.17) is 16.5 Å². The first-order valence-corrected chi connectivity index (χ1v) is 14.0. The van der Waals surface area contributed by atoms with Crippen molar-refractivity contribution in [1.82, 2.24) is 19.7 Å². The molecule has 0 aliphatic heterocycles. The first-order chi connectivity index (χ1) is 17.5. The van der Waals surface area contributed by atoms with Gasteiger partial charge in [-0.25, -0.2) is 14.8 Å². The van der Waals surface area contributed by atoms with Gasteiger partial charge in [0.2, 0.25) is 0 Å². The normalized spacial score (nSPS) is 30.9. The molecule has 3 aromatic rings. The lowest BCUT2D eigenvalue weighted by atomic mass is 9.57. The molecule has 9 rings (SSSR count). The molecular weight excluding hydrogens is 442 g/mol. The molecule has 4 bridgehead atoms. The zero-order chi connectivity index (χ0) is 24.3. The summed E-state index contributed by atoms with van der Waals surface area (Å²) in [6.45, 7) is 7.76. The molecule has 1 aromatic carbocycles. The smallest absolute Gasteiger partial charge is 0.188 e. The average molecular weight is 478 g/mol. The summed E-state index contributed by atoms with van der Waals surface area (Å²) in [5.74, 6) is 2.67. The number of aromatic nitrogens is 4. The molecule has 5 heteroatoms. The highest BCUT2D eigenvalue weighted by Gasteiger charge is 2.46. The number of nitrogens with zero attached hydrogens (tertiary/aromatic N) is 5. The maximum Gasteiger partial charge on any atom is 0.188 e. The number of rotatable bonds is 4. The summed E-state index contributed by atoms with van der Waals surface area (Å²) in [7, 11) is 1.93. The summed E-state index contributed by atoms with van der Waals surface area (Å²) in [4.78, 5) is 14.5. The van der Waals surface area contributed by atoms with Crippen LogP contribution in [0.3, 0.4) is 0 Å². The topological polar surface area (TPSA) is 48.0 Å². The van der Waals surface area contributed by atoms with Crippen LogP contribution in [0.4, 0.5) is 5.69 Å². The fraction of sp³-hybridized carbons (Fsp3) is 0.548. The number of hydrogen-bond acceptors (Lipinski definition) is 3. The van der Waals surface area contributed by atoms with Crippen LogP contribution >= 0.6 is 0 Å². The molecule has 5 nitrogen and oxygen atoms in total. The lowest BCUT2D eigenvalue weighted by Gasteiger charge is -2.48. The van der Waals surface area contributed by atoms with Crippen molar-refractivity contribution < 1.29 is 0 Å². The summed E-state index contributed by atoms with van der Waals surface area (Å²) in [5.41, 5.74) is 6.42. The third-order valence-electron chi connectivity index (χ3n) is 10.3. The van der Waals surface area contributed by atoms with Crippen LogP contribution in [0.25, 0.3) is 27.5 Å². The van der Waals surface area contributed by atoms with E-state index in [-0.39, 0.29) is 10.8 Å². The summed E-state index contributed by atoms with van der Waals surface area (Å²) >= 11 is 0. The third-order valence-corrected chi connectivity index (χ3v) is 10.3. The maximum atomic E-state index is 7.76. The van der Waals surface area contributed by atoms with Crippen molar-refractivity contribution in [2.24, 2.45) is 18.9 Å². The quantitative estimate of drug-likeness (QED) is 0.365. The van der Waals surface area contributed by atoms with Gasteiger partial charge in [-0.2, -0.15) is 5.10 Å². The predicted molar refractivity (Wildman–Crippen MR) is 142 cm³/mol. The molecule has 0 N–H and O–H groups in total. The van der Waals surface area contributed by atoms with Gasteiger partial charge in [0.15, 0.2) is 11.5 Å². The van der Waals surface area contributed by atoms with Gasteiger partial charge in [0.1, 0.15) is 0 Å². The van der Waals surface area contributed by atoms with Gasteiger partial charge in [0, 0.05) is 29.6 Å². The van der Waals surface area contributed by atoms with Gasteiger partial charge in [0.25, 0.3) is 0 Å². The van der Waals surface area contributed by atoms with Crippen molar-refractivity contribution in [1.29, 1.82) is 0 Å². The van der Waals surface area contributed by atoms with Gasteiger partial charge in [-0.15, -0.1) is 0 Å². The Kier molecular flexibility index (Phi) is 5.10. The molecule has 6 fully saturated rings. The Morgan fingerprint density at radius 1 is 0.778 bits per heavy atom. The van der Waals surface area contributed by atoms with Gasteiger partial charge >= 0.3 is 0 Å². The second-order valence-corrected chi connectivity index (χ2v) is 12.2. The molecule has 0 amide bonds. The number of benzene rings is 1. The van der Waals surface area contributed by atoms with Gasteiger partial charge < -0.3 is 0 Å². The van der Waals surface area contributed by atoms with Gasteiger partial charge in [-0.1, -0.05) is 0 Å². The van der Waals surface area contributed by atoms with E-state index in [1.165, 1.54) is 88.4 Å². The molecule has 0 atom stereocenters. The Bertz CT molecular complexity index is 1270. The molecule has 6 aliphatic carbocycles. The van der Waals surface area contributed by atoms with E-state index in [9.17, 15) is 0 Å². The van der Waals surface area contributed by atoms with E-state index < -0.39 is 0 Å². The van der Waals surface area contributed by atoms with Crippen LogP contribution in [0.2, 0.25) is 0 Å². The van der Waals surface area contributed by atoms with Crippen LogP contribution in [0.15, 0.2) is 36.5 Å². The second kappa shape index (κ2) is 8.26. The van der Waals surface area contributed by atoms with Crippen molar-refractivity contribution >= 4 is 5.69 Å². The highest BCUT2D eigenvalue weighted by atomic mass is 15.2. The number of hydrogen-bond donors (Lipinski definition) is 0. The Morgan fingerprint density at radius 2 is 1.31 bits per heavy atom. The van der Waals surface area contributed by atoms with Gasteiger partial charge in [-0.05, 0) is 125 Å². The number of fused-ring (bicyclic) bond motifs is 6. The molecule has 6 aliphatic rings. The minimum absolute atomic E-state index is 0.213. The zero-order valence-electron chi connectivity index (χ0n) is 21.3. The largest absolute Gasteiger partial charge is 0.275 e. The lowest BCUT2D eigenvalue weighted by molar-refractivity contribution is 0.125. The molecule has 0 unspecified atom stereocenters. The van der Waals surface area contributed by atoms with Crippen LogP contribution < -0.4 is 0 Å². The Labute approximate surface area is 214 Å². The van der Waals surface area contributed by atoms with Gasteiger partial charge in [0.05, 0.1) is 23.7 Å². The summed E-state index contributed by atoms with van der Waals surface area (Å²) in [6.07, 6.45) is 17.6. The van der Waals surface area contributed by atoms with E-state index in [0.29, 0.717) is 5.69 Å². The molecule has 36 heavy (non-hydrogen) atoms. The molecule has 0 saturated heterocycles. The first kappa shape index (κ1) is 22.2. The van der Waals surface area contributed by atoms with Crippen molar-refractivity contribution in [3.8, 4) is 22.6 Å². The Hall–Kier alpha value is -3.00. The molecule has 2 aromatic heterocycles. The standard InChI is InChI=1S/C31H35N5/c1-32-25-18-23(26-9-16-36(2)35-26)17-24(19-25)29-33-27(30-10-3-21(4-11-30)5-12-30)20-28(34-29)31-13-6-22(7-14-31)8-15-31/h9,16-22H,3-8,10-15H2,2H3. The fourth-order valence-corrected chi connectivity index (χ4v) is 7.91. The van der Waals surface area contributed by atoms with Crippen LogP contribution in [0.1, 0.15) is 88.4 Å². The van der Waals surface area contributed by atoms with Crippen LogP contribution in [-0.2, 0) is 17.9 Å². The summed E-state index contributed by atoms with van der Waals surface area (Å²) in [5, 5.41) is 4.61. The average Bonchev–Trinajstić information content (AvgIpc) is 3.41. The molecular formula is C31H35N5. The Morgan fingerprint density at radius 3 is 1.78 bits per heavy atom. The predicted octanol–water partition coefficient (Wildman–Crippen LogP) is 7.54. The lowest BCUT2D eigenvalue weighted by Crippen LogP contribution is -2.41. The van der Waals surface area contributed by atoms with E-state index >= 15 is 0 Å². The van der Waals surface area contributed by atoms with Crippen LogP contribution in [0.5, 0.6) is 0 Å². The van der Waals surface area contributed by atoms with E-state index in [0.717, 1.165) is 34.5 Å². The summed E-state index contributed by atoms with van der Waals surface area (Å²) in [6, 6.07) is 10.5. The van der Waals surface area contributed by atoms with Crippen molar-refractivity contribution in [3.05, 3.63) is 59.3 Å². The molecule has 0 spiro atoms. The monoisotopic (exact) mass is 477 g/mol. The highest BCUT2D eigenvalue weighted by Crippen LogP contribution is 2.54. The number of aryl methyl sites for hydroxylation is 1. The minimum atomic E-state index is 0.213. The first-order valence-electron chi connectivity index (χ1n) is 14.0. The highest BCUT2D eigenvalue weighted by molar-refractivity contribution is 5.74. The second-order valence-electron chi connectivity index (χ2n) is 12.2. The van der Waals surface area contributed by atoms with Crippen LogP contribution in [0, 0.1) is 18.4 Å². The van der Waals surface area contributed by atoms with E-state index in [1.807, 2.05) is 36.1 Å². The van der Waals surface area contributed by atoms with E-state index in [1.54, 1.807) is 0 Å². The summed E-state index contributed by atoms with van der Waals surface area (Å²) < 4.78 is 1.81. The van der Waals surface area contributed by atoms with Crippen molar-refractivity contribution in [3.63, 3.8) is 0 Å². The van der Waals surface area contributed by atoms with Gasteiger partial charge in [-0.3, -0.25) is 4.68 Å². The molecule has 184 valence electrons. The zero-order valence-corrected chi connectivity index (χ0v) is 21.3. The maximum absolute atomic E-state index is 7.76. The third kappa shape index (κ3) is 3.60.